The second-order valence-corrected chi connectivity index (χ2v) is 8.47. The number of rotatable bonds is 4. The smallest absolute Gasteiger partial charge is 0.297 e. The summed E-state index contributed by atoms with van der Waals surface area (Å²) in [6.45, 7) is 2.56. The molecule has 0 aliphatic carbocycles. The number of allylic oxidation sites excluding steroid dienone is 1. The number of aromatic nitrogens is 2. The van der Waals surface area contributed by atoms with Gasteiger partial charge in [-0.15, -0.1) is 0 Å². The van der Waals surface area contributed by atoms with E-state index in [1.165, 1.54) is 19.4 Å². The van der Waals surface area contributed by atoms with Gasteiger partial charge in [-0.3, -0.25) is 18.7 Å². The number of nitrogens with zero attached hydrogens (tertiary/aromatic N) is 3. The maximum Gasteiger partial charge on any atom is 0.328 e. The Bertz CT molecular complexity index is 1150. The Labute approximate surface area is 156 Å². The van der Waals surface area contributed by atoms with Crippen LogP contribution >= 0.6 is 0 Å². The van der Waals surface area contributed by atoms with Crippen molar-refractivity contribution in [2.45, 2.75) is 26.3 Å². The Morgan fingerprint density at radius 1 is 1.19 bits per heavy atom. The first-order valence-electron chi connectivity index (χ1n) is 8.77. The van der Waals surface area contributed by atoms with Crippen molar-refractivity contribution in [3.8, 4) is 0 Å². The van der Waals surface area contributed by atoms with Crippen molar-refractivity contribution in [2.24, 2.45) is 0 Å². The number of aryl methyl sites for hydroxylation is 2. The summed E-state index contributed by atoms with van der Waals surface area (Å²) in [5, 5.41) is 0. The zero-order valence-electron chi connectivity index (χ0n) is 14.9. The summed E-state index contributed by atoms with van der Waals surface area (Å²) in [5.41, 5.74) is 2.11. The van der Waals surface area contributed by atoms with Crippen molar-refractivity contribution in [3.05, 3.63) is 68.5 Å². The predicted molar refractivity (Wildman–Crippen MR) is 104 cm³/mol. The van der Waals surface area contributed by atoms with Gasteiger partial charge in [0, 0.05) is 24.8 Å². The number of aromatic amines is 1. The molecular weight excluding hydrogens is 368 g/mol. The highest BCUT2D eigenvalue weighted by molar-refractivity contribution is 7.94. The van der Waals surface area contributed by atoms with Crippen LogP contribution in [0.15, 0.2) is 46.1 Å². The van der Waals surface area contributed by atoms with Gasteiger partial charge in [0.15, 0.2) is 0 Å². The number of hydrogen-bond donors (Lipinski definition) is 1. The monoisotopic (exact) mass is 388 g/mol. The number of H-pyrrole nitrogens is 1. The molecule has 2 aliphatic rings. The molecule has 2 aliphatic heterocycles. The fourth-order valence-electron chi connectivity index (χ4n) is 3.57. The number of hydrogen-bond acceptors (Lipinski definition) is 4. The van der Waals surface area contributed by atoms with Crippen molar-refractivity contribution >= 4 is 21.6 Å². The SMILES string of the molecule is Cc1cn(C/C=C/CN2c3cccc4c3N(CCC4)S2(=O)=O)c(=O)[nH]c1=O. The van der Waals surface area contributed by atoms with Crippen LogP contribution in [0.25, 0.3) is 0 Å². The van der Waals surface area contributed by atoms with E-state index < -0.39 is 21.5 Å². The van der Waals surface area contributed by atoms with E-state index in [0.29, 0.717) is 17.8 Å². The molecule has 0 unspecified atom stereocenters. The van der Waals surface area contributed by atoms with Gasteiger partial charge in [0.25, 0.3) is 5.56 Å². The lowest BCUT2D eigenvalue weighted by Gasteiger charge is -2.24. The molecule has 1 aromatic heterocycles. The minimum absolute atomic E-state index is 0.187. The Morgan fingerprint density at radius 2 is 1.96 bits per heavy atom. The van der Waals surface area contributed by atoms with Crippen LogP contribution in [0.5, 0.6) is 0 Å². The van der Waals surface area contributed by atoms with Crippen LogP contribution in [-0.4, -0.2) is 31.1 Å². The molecule has 2 aromatic rings. The van der Waals surface area contributed by atoms with Crippen LogP contribution in [0.1, 0.15) is 17.5 Å². The second kappa shape index (κ2) is 6.41. The van der Waals surface area contributed by atoms with Crippen LogP contribution in [0.3, 0.4) is 0 Å². The summed E-state index contributed by atoms with van der Waals surface area (Å²) < 4.78 is 30.0. The first-order chi connectivity index (χ1) is 12.9. The first-order valence-corrected chi connectivity index (χ1v) is 10.2. The van der Waals surface area contributed by atoms with E-state index in [2.05, 4.69) is 4.98 Å². The van der Waals surface area contributed by atoms with Gasteiger partial charge in [0.2, 0.25) is 0 Å². The fraction of sp³-hybridized carbons (Fsp3) is 0.333. The molecule has 0 saturated heterocycles. The molecule has 0 amide bonds. The lowest BCUT2D eigenvalue weighted by atomic mass is 10.0. The van der Waals surface area contributed by atoms with Crippen LogP contribution in [0, 0.1) is 6.92 Å². The van der Waals surface area contributed by atoms with E-state index in [4.69, 9.17) is 0 Å². The molecule has 0 bridgehead atoms. The van der Waals surface area contributed by atoms with Gasteiger partial charge in [0.05, 0.1) is 17.9 Å². The van der Waals surface area contributed by atoms with Gasteiger partial charge in [-0.2, -0.15) is 8.42 Å². The lowest BCUT2D eigenvalue weighted by molar-refractivity contribution is 0.587. The van der Waals surface area contributed by atoms with E-state index in [1.807, 2.05) is 18.2 Å². The Hall–Kier alpha value is -2.81. The van der Waals surface area contributed by atoms with Crippen LogP contribution in [0.2, 0.25) is 0 Å². The maximum absolute atomic E-state index is 12.9. The maximum atomic E-state index is 12.9. The molecular formula is C18H20N4O4S. The largest absolute Gasteiger partial charge is 0.328 e. The van der Waals surface area contributed by atoms with Gasteiger partial charge in [-0.05, 0) is 31.4 Å². The zero-order chi connectivity index (χ0) is 19.2. The van der Waals surface area contributed by atoms with Crippen molar-refractivity contribution in [3.63, 3.8) is 0 Å². The third kappa shape index (κ3) is 2.87. The minimum atomic E-state index is -3.57. The summed E-state index contributed by atoms with van der Waals surface area (Å²) in [6.07, 6.45) is 6.63. The average Bonchev–Trinajstić information content (AvgIpc) is 2.86. The number of para-hydroxylation sites is 1. The van der Waals surface area contributed by atoms with Crippen LogP contribution < -0.4 is 19.9 Å². The molecule has 8 nitrogen and oxygen atoms in total. The number of anilines is 2. The minimum Gasteiger partial charge on any atom is -0.297 e. The molecule has 0 atom stereocenters. The molecule has 3 heterocycles. The molecule has 27 heavy (non-hydrogen) atoms. The highest BCUT2D eigenvalue weighted by Gasteiger charge is 2.42. The molecule has 0 radical (unpaired) electrons. The predicted octanol–water partition coefficient (Wildman–Crippen LogP) is 0.919. The summed E-state index contributed by atoms with van der Waals surface area (Å²) >= 11 is 0. The first kappa shape index (κ1) is 17.6. The molecule has 0 saturated carbocycles. The average molecular weight is 388 g/mol. The normalized spacial score (nSPS) is 17.5. The molecule has 9 heteroatoms. The summed E-state index contributed by atoms with van der Waals surface area (Å²) in [6, 6.07) is 5.69. The van der Waals surface area contributed by atoms with Gasteiger partial charge >= 0.3 is 15.9 Å². The van der Waals surface area contributed by atoms with E-state index in [9.17, 15) is 18.0 Å². The highest BCUT2D eigenvalue weighted by Crippen LogP contribution is 2.45. The Kier molecular flexibility index (Phi) is 4.18. The van der Waals surface area contributed by atoms with Crippen molar-refractivity contribution in [2.75, 3.05) is 21.7 Å². The van der Waals surface area contributed by atoms with Crippen molar-refractivity contribution in [1.29, 1.82) is 0 Å². The molecule has 0 spiro atoms. The standard InChI is InChI=1S/C18H20N4O4S/c1-13-12-20(18(24)19-17(13)23)9-2-3-10-21-15-8-4-6-14-7-5-11-22(16(14)15)27(21,25)26/h2-4,6,8,12H,5,7,9-11H2,1H3,(H,19,23,24)/b3-2+. The van der Waals surface area contributed by atoms with Crippen LogP contribution in [-0.2, 0) is 23.2 Å². The van der Waals surface area contributed by atoms with Crippen molar-refractivity contribution < 1.29 is 8.42 Å². The molecule has 4 rings (SSSR count). The third-order valence-corrected chi connectivity index (χ3v) is 6.73. The van der Waals surface area contributed by atoms with Gasteiger partial charge in [-0.1, -0.05) is 24.3 Å². The Balaban J connectivity index is 1.56. The number of nitrogens with one attached hydrogen (secondary N) is 1. The molecule has 1 N–H and O–H groups in total. The van der Waals surface area contributed by atoms with E-state index >= 15 is 0 Å². The van der Waals surface area contributed by atoms with Crippen LogP contribution in [0.4, 0.5) is 11.4 Å². The second-order valence-electron chi connectivity index (χ2n) is 6.69. The highest BCUT2D eigenvalue weighted by atomic mass is 32.2. The summed E-state index contributed by atoms with van der Waals surface area (Å²) in [4.78, 5) is 25.5. The summed E-state index contributed by atoms with van der Waals surface area (Å²) in [5.74, 6) is 0. The van der Waals surface area contributed by atoms with Gasteiger partial charge in [-0.25, -0.2) is 9.10 Å². The van der Waals surface area contributed by atoms with E-state index in [-0.39, 0.29) is 13.1 Å². The fourth-order valence-corrected chi connectivity index (χ4v) is 5.28. The summed E-state index contributed by atoms with van der Waals surface area (Å²) in [7, 11) is -3.57. The topological polar surface area (TPSA) is 95.5 Å². The quantitative estimate of drug-likeness (QED) is 0.788. The molecule has 1 aromatic carbocycles. The molecule has 142 valence electrons. The lowest BCUT2D eigenvalue weighted by Crippen LogP contribution is -2.39. The van der Waals surface area contributed by atoms with Gasteiger partial charge < -0.3 is 0 Å². The number of benzene rings is 1. The molecule has 0 fully saturated rings. The van der Waals surface area contributed by atoms with E-state index in [0.717, 1.165) is 24.1 Å². The van der Waals surface area contributed by atoms with E-state index in [1.54, 1.807) is 19.1 Å². The van der Waals surface area contributed by atoms with Crippen molar-refractivity contribution in [1.82, 2.24) is 9.55 Å². The third-order valence-electron chi connectivity index (χ3n) is 4.91. The van der Waals surface area contributed by atoms with Gasteiger partial charge in [0.1, 0.15) is 0 Å². The Morgan fingerprint density at radius 3 is 2.78 bits per heavy atom. The zero-order valence-corrected chi connectivity index (χ0v) is 15.7.